The standard InChI is InChI=1S/C8H16N2O2S.ClH/c1-13(11,12)10-4-2-8(3-5-10)6-9-7-8;/h9H,2-7H2,1H3;1H. The highest BCUT2D eigenvalue weighted by atomic mass is 35.5. The van der Waals surface area contributed by atoms with Crippen molar-refractivity contribution >= 4 is 22.4 Å². The van der Waals surface area contributed by atoms with Gasteiger partial charge in [-0.25, -0.2) is 12.7 Å². The first-order valence-electron chi connectivity index (χ1n) is 4.68. The number of nitrogens with zero attached hydrogens (tertiary/aromatic N) is 1. The molecule has 0 amide bonds. The lowest BCUT2D eigenvalue weighted by Gasteiger charge is -2.47. The summed E-state index contributed by atoms with van der Waals surface area (Å²) in [6.07, 6.45) is 3.34. The van der Waals surface area contributed by atoms with Crippen LogP contribution < -0.4 is 5.32 Å². The monoisotopic (exact) mass is 240 g/mol. The molecule has 1 spiro atoms. The molecular weight excluding hydrogens is 224 g/mol. The first kappa shape index (κ1) is 12.2. The minimum Gasteiger partial charge on any atom is -0.316 e. The topological polar surface area (TPSA) is 49.4 Å². The van der Waals surface area contributed by atoms with E-state index in [0.717, 1.165) is 25.9 Å². The zero-order chi connectivity index (χ0) is 9.53. The van der Waals surface area contributed by atoms with E-state index in [9.17, 15) is 8.42 Å². The number of hydrogen-bond acceptors (Lipinski definition) is 3. The lowest BCUT2D eigenvalue weighted by Crippen LogP contribution is -2.58. The summed E-state index contributed by atoms with van der Waals surface area (Å²) in [6, 6.07) is 0. The van der Waals surface area contributed by atoms with Gasteiger partial charge in [0.1, 0.15) is 0 Å². The Labute approximate surface area is 91.5 Å². The Kier molecular flexibility index (Phi) is 3.46. The van der Waals surface area contributed by atoms with Gasteiger partial charge in [-0.3, -0.25) is 0 Å². The van der Waals surface area contributed by atoms with Crippen LogP contribution in [0.3, 0.4) is 0 Å². The van der Waals surface area contributed by atoms with Crippen molar-refractivity contribution in [3.8, 4) is 0 Å². The fraction of sp³-hybridized carbons (Fsp3) is 1.00. The van der Waals surface area contributed by atoms with Crippen molar-refractivity contribution in [1.82, 2.24) is 9.62 Å². The summed E-state index contributed by atoms with van der Waals surface area (Å²) in [4.78, 5) is 0. The molecule has 2 rings (SSSR count). The van der Waals surface area contributed by atoms with Gasteiger partial charge in [0.2, 0.25) is 10.0 Å². The number of nitrogens with one attached hydrogen (secondary N) is 1. The van der Waals surface area contributed by atoms with E-state index in [1.807, 2.05) is 0 Å². The molecule has 0 aromatic carbocycles. The average Bonchev–Trinajstić information content (AvgIpc) is 2.00. The average molecular weight is 241 g/mol. The summed E-state index contributed by atoms with van der Waals surface area (Å²) in [5.41, 5.74) is 0.432. The van der Waals surface area contributed by atoms with Gasteiger partial charge in [0, 0.05) is 26.2 Å². The Morgan fingerprint density at radius 2 is 1.71 bits per heavy atom. The maximum Gasteiger partial charge on any atom is 0.211 e. The zero-order valence-electron chi connectivity index (χ0n) is 8.32. The van der Waals surface area contributed by atoms with Gasteiger partial charge in [0.15, 0.2) is 0 Å². The molecule has 1 N–H and O–H groups in total. The molecule has 2 fully saturated rings. The molecule has 2 aliphatic rings. The Morgan fingerprint density at radius 1 is 1.21 bits per heavy atom. The fourth-order valence-corrected chi connectivity index (χ4v) is 2.97. The van der Waals surface area contributed by atoms with Gasteiger partial charge in [-0.05, 0) is 18.3 Å². The van der Waals surface area contributed by atoms with Crippen LogP contribution in [0.5, 0.6) is 0 Å². The van der Waals surface area contributed by atoms with Crippen LogP contribution in [0.1, 0.15) is 12.8 Å². The fourth-order valence-electron chi connectivity index (χ4n) is 2.12. The first-order valence-corrected chi connectivity index (χ1v) is 6.53. The van der Waals surface area contributed by atoms with E-state index in [1.54, 1.807) is 4.31 Å². The lowest BCUT2D eigenvalue weighted by molar-refractivity contribution is 0.0873. The van der Waals surface area contributed by atoms with E-state index in [0.29, 0.717) is 18.5 Å². The molecule has 0 unspecified atom stereocenters. The van der Waals surface area contributed by atoms with Crippen LogP contribution in [0.2, 0.25) is 0 Å². The maximum atomic E-state index is 11.2. The second kappa shape index (κ2) is 3.96. The summed E-state index contributed by atoms with van der Waals surface area (Å²) < 4.78 is 24.0. The minimum atomic E-state index is -2.95. The van der Waals surface area contributed by atoms with Gasteiger partial charge in [-0.2, -0.15) is 0 Å². The van der Waals surface area contributed by atoms with E-state index >= 15 is 0 Å². The molecule has 2 saturated heterocycles. The van der Waals surface area contributed by atoms with Crippen LogP contribution >= 0.6 is 12.4 Å². The molecule has 0 aliphatic carbocycles. The number of sulfonamides is 1. The smallest absolute Gasteiger partial charge is 0.211 e. The predicted octanol–water partition coefficient (Wildman–Crippen LogP) is 0.0532. The Hall–Kier alpha value is 0.160. The van der Waals surface area contributed by atoms with Crippen molar-refractivity contribution in [1.29, 1.82) is 0 Å². The van der Waals surface area contributed by atoms with Crippen molar-refractivity contribution < 1.29 is 8.42 Å². The molecule has 4 nitrogen and oxygen atoms in total. The third kappa shape index (κ3) is 2.21. The Balaban J connectivity index is 0.000000980. The number of piperidine rings is 1. The largest absolute Gasteiger partial charge is 0.316 e. The molecule has 0 saturated carbocycles. The van der Waals surface area contributed by atoms with Crippen molar-refractivity contribution in [2.24, 2.45) is 5.41 Å². The van der Waals surface area contributed by atoms with Crippen LogP contribution in [-0.4, -0.2) is 45.2 Å². The van der Waals surface area contributed by atoms with E-state index in [-0.39, 0.29) is 12.4 Å². The van der Waals surface area contributed by atoms with Crippen molar-refractivity contribution in [3.63, 3.8) is 0 Å². The lowest BCUT2D eigenvalue weighted by atomic mass is 9.74. The molecule has 2 aliphatic heterocycles. The molecule has 84 valence electrons. The number of rotatable bonds is 1. The molecule has 2 heterocycles. The SMILES string of the molecule is CS(=O)(=O)N1CCC2(CC1)CNC2.Cl. The molecule has 14 heavy (non-hydrogen) atoms. The highest BCUT2D eigenvalue weighted by Crippen LogP contribution is 2.35. The molecule has 0 bridgehead atoms. The van der Waals surface area contributed by atoms with Crippen molar-refractivity contribution in [3.05, 3.63) is 0 Å². The van der Waals surface area contributed by atoms with Gasteiger partial charge >= 0.3 is 0 Å². The Morgan fingerprint density at radius 3 is 2.00 bits per heavy atom. The molecule has 0 atom stereocenters. The van der Waals surface area contributed by atoms with Crippen LogP contribution in [0.15, 0.2) is 0 Å². The van der Waals surface area contributed by atoms with E-state index in [2.05, 4.69) is 5.32 Å². The minimum absolute atomic E-state index is 0. The molecular formula is C8H17ClN2O2S. The highest BCUT2D eigenvalue weighted by Gasteiger charge is 2.41. The van der Waals surface area contributed by atoms with Crippen LogP contribution in [0, 0.1) is 5.41 Å². The second-order valence-corrected chi connectivity index (χ2v) is 6.25. The predicted molar refractivity (Wildman–Crippen MR) is 58.2 cm³/mol. The van der Waals surface area contributed by atoms with E-state index < -0.39 is 10.0 Å². The summed E-state index contributed by atoms with van der Waals surface area (Å²) in [5, 5.41) is 3.26. The van der Waals surface area contributed by atoms with Gasteiger partial charge in [0.05, 0.1) is 6.26 Å². The van der Waals surface area contributed by atoms with Crippen LogP contribution in [0.4, 0.5) is 0 Å². The summed E-state index contributed by atoms with van der Waals surface area (Å²) in [7, 11) is -2.95. The molecule has 0 radical (unpaired) electrons. The normalized spacial score (nSPS) is 26.6. The number of hydrogen-bond donors (Lipinski definition) is 1. The van der Waals surface area contributed by atoms with Gasteiger partial charge < -0.3 is 5.32 Å². The Bertz CT molecular complexity index is 290. The van der Waals surface area contributed by atoms with Crippen LogP contribution in [-0.2, 0) is 10.0 Å². The quantitative estimate of drug-likeness (QED) is 0.705. The number of halogens is 1. The van der Waals surface area contributed by atoms with Gasteiger partial charge in [-0.15, -0.1) is 12.4 Å². The first-order chi connectivity index (χ1) is 6.02. The van der Waals surface area contributed by atoms with Gasteiger partial charge in [0.25, 0.3) is 0 Å². The van der Waals surface area contributed by atoms with Crippen molar-refractivity contribution in [2.75, 3.05) is 32.4 Å². The molecule has 0 aromatic rings. The van der Waals surface area contributed by atoms with E-state index in [1.165, 1.54) is 6.26 Å². The van der Waals surface area contributed by atoms with Crippen LogP contribution in [0.25, 0.3) is 0 Å². The summed E-state index contributed by atoms with van der Waals surface area (Å²) in [5.74, 6) is 0. The third-order valence-corrected chi connectivity index (χ3v) is 4.56. The third-order valence-electron chi connectivity index (χ3n) is 3.25. The van der Waals surface area contributed by atoms with E-state index in [4.69, 9.17) is 0 Å². The maximum absolute atomic E-state index is 11.2. The van der Waals surface area contributed by atoms with Gasteiger partial charge in [-0.1, -0.05) is 0 Å². The summed E-state index contributed by atoms with van der Waals surface area (Å²) in [6.45, 7) is 3.57. The molecule has 6 heteroatoms. The second-order valence-electron chi connectivity index (χ2n) is 4.27. The zero-order valence-corrected chi connectivity index (χ0v) is 9.96. The van der Waals surface area contributed by atoms with Crippen molar-refractivity contribution in [2.45, 2.75) is 12.8 Å². The molecule has 0 aromatic heterocycles. The highest BCUT2D eigenvalue weighted by molar-refractivity contribution is 7.88. The summed E-state index contributed by atoms with van der Waals surface area (Å²) >= 11 is 0.